The lowest BCUT2D eigenvalue weighted by atomic mass is 9.45. The Morgan fingerprint density at radius 2 is 1.89 bits per heavy atom. The van der Waals surface area contributed by atoms with Crippen LogP contribution in [-0.4, -0.2) is 36.9 Å². The third-order valence-electron chi connectivity index (χ3n) is 8.38. The first-order valence-electron chi connectivity index (χ1n) is 10.9. The van der Waals surface area contributed by atoms with Gasteiger partial charge in [-0.1, -0.05) is 27.7 Å². The van der Waals surface area contributed by atoms with Crippen LogP contribution < -0.4 is 0 Å². The molecule has 5 nitrogen and oxygen atoms in total. The summed E-state index contributed by atoms with van der Waals surface area (Å²) in [5.41, 5.74) is 0.0509. The Morgan fingerprint density at radius 3 is 2.50 bits per heavy atom. The van der Waals surface area contributed by atoms with Crippen LogP contribution in [0.5, 0.6) is 0 Å². The summed E-state index contributed by atoms with van der Waals surface area (Å²) in [6, 6.07) is 0. The molecule has 3 rings (SSSR count). The number of ether oxygens (including phenoxy) is 3. The van der Waals surface area contributed by atoms with Crippen molar-refractivity contribution in [1.82, 2.24) is 0 Å². The van der Waals surface area contributed by atoms with Crippen molar-refractivity contribution >= 4 is 11.9 Å². The molecule has 2 saturated carbocycles. The van der Waals surface area contributed by atoms with Gasteiger partial charge in [-0.25, -0.2) is 0 Å². The molecule has 1 heterocycles. The molecule has 28 heavy (non-hydrogen) atoms. The van der Waals surface area contributed by atoms with Gasteiger partial charge in [-0.3, -0.25) is 9.59 Å². The first-order valence-corrected chi connectivity index (χ1v) is 10.9. The Bertz CT molecular complexity index is 628. The van der Waals surface area contributed by atoms with Gasteiger partial charge in [0.1, 0.15) is 6.10 Å². The molecule has 1 unspecified atom stereocenters. The summed E-state index contributed by atoms with van der Waals surface area (Å²) in [6.07, 6.45) is 5.84. The number of epoxide rings is 1. The van der Waals surface area contributed by atoms with Crippen molar-refractivity contribution in [3.8, 4) is 0 Å². The highest BCUT2D eigenvalue weighted by Gasteiger charge is 2.71. The van der Waals surface area contributed by atoms with Crippen LogP contribution in [0.1, 0.15) is 80.1 Å². The maximum Gasteiger partial charge on any atom is 0.305 e. The summed E-state index contributed by atoms with van der Waals surface area (Å²) in [4.78, 5) is 23.3. The van der Waals surface area contributed by atoms with E-state index >= 15 is 0 Å². The molecule has 5 heteroatoms. The first kappa shape index (κ1) is 21.6. The normalized spacial score (nSPS) is 42.0. The van der Waals surface area contributed by atoms with E-state index in [1.165, 1.54) is 14.0 Å². The lowest BCUT2D eigenvalue weighted by Crippen LogP contribution is -2.59. The molecule has 0 amide bonds. The van der Waals surface area contributed by atoms with Gasteiger partial charge in [0.05, 0.1) is 18.8 Å². The number of hydrogen-bond donors (Lipinski definition) is 0. The van der Waals surface area contributed by atoms with E-state index in [4.69, 9.17) is 14.2 Å². The molecule has 7 atom stereocenters. The van der Waals surface area contributed by atoms with Crippen molar-refractivity contribution in [3.05, 3.63) is 0 Å². The Labute approximate surface area is 169 Å². The fourth-order valence-corrected chi connectivity index (χ4v) is 6.73. The smallest absolute Gasteiger partial charge is 0.305 e. The predicted molar refractivity (Wildman–Crippen MR) is 107 cm³/mol. The van der Waals surface area contributed by atoms with Crippen molar-refractivity contribution in [2.75, 3.05) is 7.11 Å². The van der Waals surface area contributed by atoms with Crippen LogP contribution in [0.25, 0.3) is 0 Å². The highest BCUT2D eigenvalue weighted by Crippen LogP contribution is 2.69. The molecular formula is C23H38O5. The third-order valence-corrected chi connectivity index (χ3v) is 8.38. The minimum atomic E-state index is -0.182. The lowest BCUT2D eigenvalue weighted by molar-refractivity contribution is -0.178. The molecule has 0 spiro atoms. The third kappa shape index (κ3) is 3.59. The summed E-state index contributed by atoms with van der Waals surface area (Å²) in [7, 11) is 1.45. The number of methoxy groups -OCH3 is 1. The summed E-state index contributed by atoms with van der Waals surface area (Å²) in [5, 5.41) is 0. The maximum absolute atomic E-state index is 11.6. The number of carbonyl (C=O) groups excluding carboxylic acids is 2. The zero-order valence-corrected chi connectivity index (χ0v) is 18.7. The van der Waals surface area contributed by atoms with E-state index in [2.05, 4.69) is 34.6 Å². The predicted octanol–water partition coefficient (Wildman–Crippen LogP) is 4.52. The van der Waals surface area contributed by atoms with Crippen molar-refractivity contribution in [3.63, 3.8) is 0 Å². The lowest BCUT2D eigenvalue weighted by Gasteiger charge is -2.59. The molecule has 160 valence electrons. The van der Waals surface area contributed by atoms with E-state index in [-0.39, 0.29) is 34.5 Å². The Hall–Kier alpha value is -1.10. The van der Waals surface area contributed by atoms with Crippen molar-refractivity contribution in [2.24, 2.45) is 28.6 Å². The van der Waals surface area contributed by atoms with Gasteiger partial charge in [0.25, 0.3) is 0 Å². The summed E-state index contributed by atoms with van der Waals surface area (Å²) < 4.78 is 16.8. The molecule has 0 aromatic carbocycles. The fraction of sp³-hybridized carbons (Fsp3) is 0.913. The Morgan fingerprint density at radius 1 is 1.21 bits per heavy atom. The molecule has 2 aliphatic carbocycles. The van der Waals surface area contributed by atoms with Crippen molar-refractivity contribution in [2.45, 2.75) is 97.9 Å². The second-order valence-corrected chi connectivity index (χ2v) is 10.6. The monoisotopic (exact) mass is 394 g/mol. The molecule has 3 aliphatic rings. The van der Waals surface area contributed by atoms with E-state index < -0.39 is 0 Å². The highest BCUT2D eigenvalue weighted by atomic mass is 16.6. The van der Waals surface area contributed by atoms with Crippen molar-refractivity contribution in [1.29, 1.82) is 0 Å². The van der Waals surface area contributed by atoms with Gasteiger partial charge < -0.3 is 14.2 Å². The summed E-state index contributed by atoms with van der Waals surface area (Å²) >= 11 is 0. The van der Waals surface area contributed by atoms with E-state index in [0.29, 0.717) is 30.3 Å². The second-order valence-electron chi connectivity index (χ2n) is 10.6. The summed E-state index contributed by atoms with van der Waals surface area (Å²) in [6.45, 7) is 12.9. The van der Waals surface area contributed by atoms with Crippen LogP contribution in [0.3, 0.4) is 0 Å². The first-order chi connectivity index (χ1) is 12.9. The summed E-state index contributed by atoms with van der Waals surface area (Å²) in [5.74, 6) is 0.914. The average Bonchev–Trinajstić information content (AvgIpc) is 3.26. The average molecular weight is 395 g/mol. The number of hydrogen-bond acceptors (Lipinski definition) is 5. The molecule has 0 radical (unpaired) electrons. The fourth-order valence-electron chi connectivity index (χ4n) is 6.73. The largest absolute Gasteiger partial charge is 0.469 e. The minimum Gasteiger partial charge on any atom is -0.469 e. The SMILES string of the molecule is COC(=O)C[C@@H](C)CC[C@@H]1[C@@]2(C)CC[C@H](OC(C)=O)C(C)(C)[C@@H]2CC2O[C@]21C. The van der Waals surface area contributed by atoms with E-state index in [9.17, 15) is 9.59 Å². The number of carbonyl (C=O) groups is 2. The van der Waals surface area contributed by atoms with Gasteiger partial charge >= 0.3 is 11.9 Å². The maximum atomic E-state index is 11.6. The zero-order chi connectivity index (χ0) is 20.9. The van der Waals surface area contributed by atoms with Crippen LogP contribution in [0, 0.1) is 28.6 Å². The molecule has 0 aromatic heterocycles. The standard InChI is InChI=1S/C23H38O5/c1-14(12-20(25)26-7)8-9-16-22(5)11-10-18(27-15(2)24)21(3,4)17(22)13-19-23(16,6)28-19/h14,16-19H,8-13H2,1-7H3/t14-,16+,17-,18-,19?,22+,23-/m0/s1. The highest BCUT2D eigenvalue weighted by molar-refractivity contribution is 5.69. The van der Waals surface area contributed by atoms with Gasteiger partial charge in [-0.05, 0) is 62.2 Å². The molecule has 1 aliphatic heterocycles. The van der Waals surface area contributed by atoms with E-state index in [1.54, 1.807) is 0 Å². The van der Waals surface area contributed by atoms with Crippen LogP contribution in [-0.2, 0) is 23.8 Å². The Kier molecular flexibility index (Phi) is 5.63. The van der Waals surface area contributed by atoms with Gasteiger partial charge in [0, 0.05) is 18.8 Å². The van der Waals surface area contributed by atoms with Crippen LogP contribution in [0.4, 0.5) is 0 Å². The number of fused-ring (bicyclic) bond motifs is 2. The minimum absolute atomic E-state index is 0.0231. The number of rotatable bonds is 6. The zero-order valence-electron chi connectivity index (χ0n) is 18.7. The Balaban J connectivity index is 1.78. The van der Waals surface area contributed by atoms with Gasteiger partial charge in [-0.2, -0.15) is 0 Å². The second kappa shape index (κ2) is 7.30. The van der Waals surface area contributed by atoms with Crippen LogP contribution >= 0.6 is 0 Å². The van der Waals surface area contributed by atoms with E-state index in [1.807, 2.05) is 0 Å². The van der Waals surface area contributed by atoms with Crippen molar-refractivity contribution < 1.29 is 23.8 Å². The van der Waals surface area contributed by atoms with Crippen LogP contribution in [0.2, 0.25) is 0 Å². The van der Waals surface area contributed by atoms with E-state index in [0.717, 1.165) is 32.1 Å². The molecule has 0 N–H and O–H groups in total. The van der Waals surface area contributed by atoms with Gasteiger partial charge in [-0.15, -0.1) is 0 Å². The quantitative estimate of drug-likeness (QED) is 0.490. The topological polar surface area (TPSA) is 65.1 Å². The molecular weight excluding hydrogens is 356 g/mol. The van der Waals surface area contributed by atoms with Crippen LogP contribution in [0.15, 0.2) is 0 Å². The molecule has 3 fully saturated rings. The van der Waals surface area contributed by atoms with Gasteiger partial charge in [0.15, 0.2) is 0 Å². The van der Waals surface area contributed by atoms with Gasteiger partial charge in [0.2, 0.25) is 0 Å². The molecule has 1 saturated heterocycles. The molecule has 0 aromatic rings. The number of esters is 2. The molecule has 0 bridgehead atoms.